The maximum absolute atomic E-state index is 6.11. The number of nitrogens with zero attached hydrogens (tertiary/aromatic N) is 6. The average Bonchev–Trinajstić information content (AvgIpc) is 3.32. The monoisotopic (exact) mass is 404 g/mol. The molecule has 1 atom stereocenters. The van der Waals surface area contributed by atoms with Crippen LogP contribution in [-0.2, 0) is 6.54 Å². The van der Waals surface area contributed by atoms with E-state index in [-0.39, 0.29) is 6.04 Å². The van der Waals surface area contributed by atoms with Crippen molar-refractivity contribution in [1.82, 2.24) is 29.5 Å². The van der Waals surface area contributed by atoms with Gasteiger partial charge in [-0.2, -0.15) is 4.98 Å². The van der Waals surface area contributed by atoms with Crippen LogP contribution in [0.25, 0.3) is 11.4 Å². The summed E-state index contributed by atoms with van der Waals surface area (Å²) in [5.74, 6) is 1.30. The summed E-state index contributed by atoms with van der Waals surface area (Å²) >= 11 is 7.34. The first-order valence-electron chi connectivity index (χ1n) is 8.94. The highest BCUT2D eigenvalue weighted by atomic mass is 35.5. The maximum atomic E-state index is 6.11. The minimum Gasteiger partial charge on any atom is -0.337 e. The number of aryl methyl sites for hydroxylation is 1. The lowest BCUT2D eigenvalue weighted by Gasteiger charge is -2.36. The van der Waals surface area contributed by atoms with Gasteiger partial charge in [0.2, 0.25) is 11.7 Å². The van der Waals surface area contributed by atoms with Crippen molar-refractivity contribution in [3.63, 3.8) is 0 Å². The molecule has 0 aliphatic carbocycles. The van der Waals surface area contributed by atoms with Crippen molar-refractivity contribution in [3.8, 4) is 11.4 Å². The predicted octanol–water partition coefficient (Wildman–Crippen LogP) is 3.43. The third kappa shape index (κ3) is 4.19. The van der Waals surface area contributed by atoms with Gasteiger partial charge in [-0.05, 0) is 13.8 Å². The standard InChI is InChI=1S/C18H21ClN6OS/c1-12-3-5-14(6-4-12)17-20-18(26-22-17)13(2)25-9-7-24(8-10-25)11-15-16(19)27-23-21-15/h3-6,13H,7-11H2,1-2H3/t13-/m0/s1. The fraction of sp³-hybridized carbons (Fsp3) is 0.444. The number of halogens is 1. The highest BCUT2D eigenvalue weighted by molar-refractivity contribution is 7.10. The third-order valence-corrected chi connectivity index (χ3v) is 5.93. The van der Waals surface area contributed by atoms with Gasteiger partial charge in [0.15, 0.2) is 0 Å². The van der Waals surface area contributed by atoms with Gasteiger partial charge in [-0.25, -0.2) is 0 Å². The normalized spacial score (nSPS) is 17.3. The Morgan fingerprint density at radius 2 is 1.93 bits per heavy atom. The molecule has 1 aliphatic rings. The minimum absolute atomic E-state index is 0.0865. The zero-order valence-corrected chi connectivity index (χ0v) is 16.9. The summed E-state index contributed by atoms with van der Waals surface area (Å²) in [6.07, 6.45) is 0. The van der Waals surface area contributed by atoms with E-state index in [2.05, 4.69) is 55.5 Å². The summed E-state index contributed by atoms with van der Waals surface area (Å²) in [4.78, 5) is 9.32. The van der Waals surface area contributed by atoms with Crippen molar-refractivity contribution in [2.24, 2.45) is 0 Å². The van der Waals surface area contributed by atoms with Crippen LogP contribution in [-0.4, -0.2) is 55.7 Å². The van der Waals surface area contributed by atoms with Gasteiger partial charge in [-0.1, -0.05) is 51.1 Å². The van der Waals surface area contributed by atoms with Crippen LogP contribution in [0, 0.1) is 6.92 Å². The van der Waals surface area contributed by atoms with Gasteiger partial charge in [-0.3, -0.25) is 9.80 Å². The molecule has 1 fully saturated rings. The van der Waals surface area contributed by atoms with Crippen LogP contribution < -0.4 is 0 Å². The number of piperazine rings is 1. The van der Waals surface area contributed by atoms with E-state index in [0.717, 1.165) is 44.0 Å². The second kappa shape index (κ2) is 8.02. The molecule has 1 aromatic carbocycles. The molecule has 9 heteroatoms. The topological polar surface area (TPSA) is 71.2 Å². The van der Waals surface area contributed by atoms with Crippen LogP contribution in [0.1, 0.15) is 30.1 Å². The van der Waals surface area contributed by atoms with E-state index in [1.807, 2.05) is 12.1 Å². The molecule has 1 saturated heterocycles. The molecule has 0 amide bonds. The zero-order chi connectivity index (χ0) is 18.8. The van der Waals surface area contributed by atoms with Crippen molar-refractivity contribution in [2.75, 3.05) is 26.2 Å². The summed E-state index contributed by atoms with van der Waals surface area (Å²) in [5, 5.41) is 8.25. The minimum atomic E-state index is 0.0865. The van der Waals surface area contributed by atoms with Crippen molar-refractivity contribution in [2.45, 2.75) is 26.4 Å². The second-order valence-electron chi connectivity index (χ2n) is 6.80. The maximum Gasteiger partial charge on any atom is 0.244 e. The number of hydrogen-bond donors (Lipinski definition) is 0. The summed E-state index contributed by atoms with van der Waals surface area (Å²) in [5.41, 5.74) is 3.05. The molecule has 1 aliphatic heterocycles. The van der Waals surface area contributed by atoms with Crippen molar-refractivity contribution >= 4 is 23.1 Å². The molecule has 0 saturated carbocycles. The molecule has 0 radical (unpaired) electrons. The SMILES string of the molecule is Cc1ccc(-c2noc([C@H](C)N3CCN(Cc4nnsc4Cl)CC3)n2)cc1. The highest BCUT2D eigenvalue weighted by Crippen LogP contribution is 2.25. The van der Waals surface area contributed by atoms with Crippen LogP contribution in [0.4, 0.5) is 0 Å². The van der Waals surface area contributed by atoms with Gasteiger partial charge >= 0.3 is 0 Å². The Hall–Kier alpha value is -1.87. The molecule has 4 rings (SSSR count). The lowest BCUT2D eigenvalue weighted by atomic mass is 10.1. The third-order valence-electron chi connectivity index (χ3n) is 4.95. The van der Waals surface area contributed by atoms with E-state index in [4.69, 9.17) is 16.1 Å². The van der Waals surface area contributed by atoms with E-state index >= 15 is 0 Å². The Labute approximate surface area is 167 Å². The van der Waals surface area contributed by atoms with Crippen LogP contribution in [0.15, 0.2) is 28.8 Å². The van der Waals surface area contributed by atoms with Crippen LogP contribution in [0.3, 0.4) is 0 Å². The molecule has 142 valence electrons. The van der Waals surface area contributed by atoms with Gasteiger partial charge in [0, 0.05) is 49.8 Å². The fourth-order valence-electron chi connectivity index (χ4n) is 3.19. The fourth-order valence-corrected chi connectivity index (χ4v) is 3.80. The van der Waals surface area contributed by atoms with Crippen LogP contribution in [0.2, 0.25) is 4.34 Å². The summed E-state index contributed by atoms with van der Waals surface area (Å²) in [7, 11) is 0. The quantitative estimate of drug-likeness (QED) is 0.645. The van der Waals surface area contributed by atoms with Gasteiger partial charge in [0.25, 0.3) is 0 Å². The molecule has 0 unspecified atom stereocenters. The van der Waals surface area contributed by atoms with Crippen LogP contribution >= 0.6 is 23.1 Å². The van der Waals surface area contributed by atoms with Gasteiger partial charge in [0.05, 0.1) is 6.04 Å². The molecular weight excluding hydrogens is 384 g/mol. The van der Waals surface area contributed by atoms with Crippen molar-refractivity contribution in [3.05, 3.63) is 45.7 Å². The second-order valence-corrected chi connectivity index (χ2v) is 8.16. The molecule has 3 aromatic rings. The summed E-state index contributed by atoms with van der Waals surface area (Å²) < 4.78 is 10.1. The molecule has 0 bridgehead atoms. The largest absolute Gasteiger partial charge is 0.337 e. The van der Waals surface area contributed by atoms with Crippen molar-refractivity contribution in [1.29, 1.82) is 0 Å². The van der Waals surface area contributed by atoms with Gasteiger partial charge < -0.3 is 4.52 Å². The average molecular weight is 405 g/mol. The highest BCUT2D eigenvalue weighted by Gasteiger charge is 2.26. The van der Waals surface area contributed by atoms with Gasteiger partial charge in [0.1, 0.15) is 10.0 Å². The predicted molar refractivity (Wildman–Crippen MR) is 105 cm³/mol. The first-order chi connectivity index (χ1) is 13.1. The number of rotatable bonds is 5. The lowest BCUT2D eigenvalue weighted by molar-refractivity contribution is 0.0839. The zero-order valence-electron chi connectivity index (χ0n) is 15.3. The smallest absolute Gasteiger partial charge is 0.244 e. The Morgan fingerprint density at radius 1 is 1.19 bits per heavy atom. The van der Waals surface area contributed by atoms with Crippen LogP contribution in [0.5, 0.6) is 0 Å². The number of hydrogen-bond acceptors (Lipinski definition) is 8. The van der Waals surface area contributed by atoms with E-state index in [0.29, 0.717) is 16.1 Å². The van der Waals surface area contributed by atoms with E-state index in [1.165, 1.54) is 17.1 Å². The summed E-state index contributed by atoms with van der Waals surface area (Å²) in [6, 6.07) is 8.23. The first-order valence-corrected chi connectivity index (χ1v) is 10.1. The van der Waals surface area contributed by atoms with E-state index in [1.54, 1.807) is 0 Å². The Bertz CT molecular complexity index is 887. The van der Waals surface area contributed by atoms with E-state index < -0.39 is 0 Å². The molecule has 27 heavy (non-hydrogen) atoms. The van der Waals surface area contributed by atoms with Gasteiger partial charge in [-0.15, -0.1) is 5.10 Å². The molecule has 3 heterocycles. The number of aromatic nitrogens is 4. The number of benzene rings is 1. The molecule has 2 aromatic heterocycles. The van der Waals surface area contributed by atoms with Crippen molar-refractivity contribution < 1.29 is 4.52 Å². The Morgan fingerprint density at radius 3 is 2.59 bits per heavy atom. The Balaban J connectivity index is 1.36. The summed E-state index contributed by atoms with van der Waals surface area (Å²) in [6.45, 7) is 8.66. The molecule has 0 spiro atoms. The molecule has 0 N–H and O–H groups in total. The molecular formula is C18H21ClN6OS. The lowest BCUT2D eigenvalue weighted by Crippen LogP contribution is -2.46. The Kier molecular flexibility index (Phi) is 5.49. The molecule has 7 nitrogen and oxygen atoms in total. The van der Waals surface area contributed by atoms with E-state index in [9.17, 15) is 0 Å². The first kappa shape index (κ1) is 18.5.